The number of nitro groups is 1. The van der Waals surface area contributed by atoms with Crippen LogP contribution in [-0.4, -0.2) is 28.6 Å². The largest absolute Gasteiger partial charge is 0.391 e. The first kappa shape index (κ1) is 16.4. The first-order valence-electron chi connectivity index (χ1n) is 7.71. The van der Waals surface area contributed by atoms with E-state index in [2.05, 4.69) is 5.32 Å². The van der Waals surface area contributed by atoms with Crippen molar-refractivity contribution < 1.29 is 14.8 Å². The maximum absolute atomic E-state index is 12.2. The van der Waals surface area contributed by atoms with E-state index in [0.717, 1.165) is 25.7 Å². The average Bonchev–Trinajstić information content (AvgIpc) is 2.53. The highest BCUT2D eigenvalue weighted by Crippen LogP contribution is 2.26. The topological polar surface area (TPSA) is 92.5 Å². The first-order valence-corrected chi connectivity index (χ1v) is 7.71. The van der Waals surface area contributed by atoms with Gasteiger partial charge in [0.15, 0.2) is 0 Å². The molecule has 0 saturated heterocycles. The highest BCUT2D eigenvalue weighted by atomic mass is 16.6. The Morgan fingerprint density at radius 1 is 1.41 bits per heavy atom. The van der Waals surface area contributed by atoms with Gasteiger partial charge < -0.3 is 10.4 Å². The highest BCUT2D eigenvalue weighted by Gasteiger charge is 2.23. The van der Waals surface area contributed by atoms with Gasteiger partial charge in [-0.15, -0.1) is 0 Å². The van der Waals surface area contributed by atoms with Crippen LogP contribution in [-0.2, 0) is 0 Å². The Labute approximate surface area is 129 Å². The lowest BCUT2D eigenvalue weighted by molar-refractivity contribution is -0.385. The molecule has 1 amide bonds. The molecule has 0 radical (unpaired) electrons. The lowest BCUT2D eigenvalue weighted by Gasteiger charge is -2.26. The van der Waals surface area contributed by atoms with E-state index < -0.39 is 11.0 Å². The fourth-order valence-electron chi connectivity index (χ4n) is 3.05. The smallest absolute Gasteiger partial charge is 0.273 e. The van der Waals surface area contributed by atoms with Gasteiger partial charge in [-0.3, -0.25) is 14.9 Å². The minimum atomic E-state index is -0.553. The molecule has 1 aliphatic carbocycles. The van der Waals surface area contributed by atoms with Crippen LogP contribution in [0.3, 0.4) is 0 Å². The van der Waals surface area contributed by atoms with Gasteiger partial charge in [-0.05, 0) is 31.7 Å². The van der Waals surface area contributed by atoms with Crippen molar-refractivity contribution in [1.82, 2.24) is 5.32 Å². The van der Waals surface area contributed by atoms with Gasteiger partial charge >= 0.3 is 0 Å². The lowest BCUT2D eigenvalue weighted by Crippen LogP contribution is -2.37. The van der Waals surface area contributed by atoms with Crippen LogP contribution in [0, 0.1) is 23.0 Å². The summed E-state index contributed by atoms with van der Waals surface area (Å²) in [5, 5.41) is 23.8. The van der Waals surface area contributed by atoms with Crippen molar-refractivity contribution in [2.75, 3.05) is 6.54 Å². The number of nitrogens with one attached hydrogen (secondary N) is 1. The Morgan fingerprint density at radius 3 is 2.73 bits per heavy atom. The van der Waals surface area contributed by atoms with Crippen molar-refractivity contribution in [3.63, 3.8) is 0 Å². The minimum Gasteiger partial charge on any atom is -0.391 e. The molecule has 1 aliphatic rings. The molecule has 0 aromatic heterocycles. The molecule has 6 nitrogen and oxygen atoms in total. The number of aliphatic hydroxyl groups is 1. The van der Waals surface area contributed by atoms with E-state index in [1.807, 2.05) is 0 Å². The zero-order valence-corrected chi connectivity index (χ0v) is 12.7. The van der Waals surface area contributed by atoms with Crippen LogP contribution in [0.2, 0.25) is 0 Å². The summed E-state index contributed by atoms with van der Waals surface area (Å²) in [6.45, 7) is 1.75. The van der Waals surface area contributed by atoms with Gasteiger partial charge in [0, 0.05) is 23.7 Å². The second-order valence-corrected chi connectivity index (χ2v) is 5.88. The number of benzene rings is 1. The summed E-state index contributed by atoms with van der Waals surface area (Å²) in [7, 11) is 0. The van der Waals surface area contributed by atoms with E-state index in [9.17, 15) is 20.0 Å². The Bertz CT molecular complexity index is 553. The molecule has 0 heterocycles. The fraction of sp³-hybridized carbons (Fsp3) is 0.562. The lowest BCUT2D eigenvalue weighted by atomic mass is 9.85. The van der Waals surface area contributed by atoms with E-state index in [1.54, 1.807) is 13.0 Å². The van der Waals surface area contributed by atoms with E-state index in [0.29, 0.717) is 5.56 Å². The number of hydrogen-bond donors (Lipinski definition) is 2. The van der Waals surface area contributed by atoms with Crippen LogP contribution >= 0.6 is 0 Å². The van der Waals surface area contributed by atoms with Gasteiger partial charge in [0.1, 0.15) is 0 Å². The van der Waals surface area contributed by atoms with Gasteiger partial charge in [-0.25, -0.2) is 0 Å². The molecular weight excluding hydrogens is 284 g/mol. The van der Waals surface area contributed by atoms with E-state index in [4.69, 9.17) is 0 Å². The summed E-state index contributed by atoms with van der Waals surface area (Å²) in [4.78, 5) is 22.6. The number of rotatable bonds is 5. The highest BCUT2D eigenvalue weighted by molar-refractivity contribution is 5.96. The number of hydrogen-bond acceptors (Lipinski definition) is 4. The fourth-order valence-corrected chi connectivity index (χ4v) is 3.05. The second kappa shape index (κ2) is 7.35. The van der Waals surface area contributed by atoms with Gasteiger partial charge in [-0.2, -0.15) is 0 Å². The van der Waals surface area contributed by atoms with Crippen molar-refractivity contribution in [3.8, 4) is 0 Å². The molecule has 0 bridgehead atoms. The molecule has 1 saturated carbocycles. The van der Waals surface area contributed by atoms with Crippen molar-refractivity contribution >= 4 is 11.6 Å². The number of aliphatic hydroxyl groups excluding tert-OH is 1. The van der Waals surface area contributed by atoms with E-state index >= 15 is 0 Å². The molecule has 1 fully saturated rings. The summed E-state index contributed by atoms with van der Waals surface area (Å²) < 4.78 is 0. The van der Waals surface area contributed by atoms with Crippen molar-refractivity contribution in [3.05, 3.63) is 39.4 Å². The summed E-state index contributed by atoms with van der Waals surface area (Å²) in [5.74, 6) is -0.142. The predicted octanol–water partition coefficient (Wildman–Crippen LogP) is 2.57. The molecule has 2 N–H and O–H groups in total. The number of nitrogens with zero attached hydrogens (tertiary/aromatic N) is 1. The number of carbonyl (C=O) groups excluding carboxylic acids is 1. The van der Waals surface area contributed by atoms with Crippen molar-refractivity contribution in [2.24, 2.45) is 5.92 Å². The number of carbonyl (C=O) groups is 1. The maximum Gasteiger partial charge on any atom is 0.273 e. The third-order valence-corrected chi connectivity index (χ3v) is 4.41. The standard InChI is InChI=1S/C16H22N2O4/c1-11-13(8-5-9-14(11)18(21)22)16(20)17-10-15(19)12-6-3-2-4-7-12/h5,8-9,12,15,19H,2-4,6-7,10H2,1H3,(H,17,20). The van der Waals surface area contributed by atoms with Gasteiger partial charge in [0.05, 0.1) is 11.0 Å². The Morgan fingerprint density at radius 2 is 2.09 bits per heavy atom. The monoisotopic (exact) mass is 306 g/mol. The molecular formula is C16H22N2O4. The van der Waals surface area contributed by atoms with Crippen LogP contribution in [0.1, 0.15) is 48.0 Å². The first-order chi connectivity index (χ1) is 10.5. The van der Waals surface area contributed by atoms with Crippen molar-refractivity contribution in [1.29, 1.82) is 0 Å². The quantitative estimate of drug-likeness (QED) is 0.646. The maximum atomic E-state index is 12.2. The third-order valence-electron chi connectivity index (χ3n) is 4.41. The van der Waals surface area contributed by atoms with Gasteiger partial charge in [0.25, 0.3) is 11.6 Å². The van der Waals surface area contributed by atoms with Crippen LogP contribution in [0.25, 0.3) is 0 Å². The third kappa shape index (κ3) is 3.82. The number of amides is 1. The molecule has 6 heteroatoms. The molecule has 1 aromatic carbocycles. The normalized spacial score (nSPS) is 17.0. The zero-order chi connectivity index (χ0) is 16.1. The molecule has 1 aromatic rings. The Hall–Kier alpha value is -1.95. The summed E-state index contributed by atoms with van der Waals surface area (Å²) in [6.07, 6.45) is 4.89. The Kier molecular flexibility index (Phi) is 5.49. The van der Waals surface area contributed by atoms with Crippen LogP contribution in [0.5, 0.6) is 0 Å². The molecule has 0 spiro atoms. The molecule has 1 unspecified atom stereocenters. The number of nitro benzene ring substituents is 1. The second-order valence-electron chi connectivity index (χ2n) is 5.88. The summed E-state index contributed by atoms with van der Waals surface area (Å²) in [6, 6.07) is 4.44. The van der Waals surface area contributed by atoms with Gasteiger partial charge in [0.2, 0.25) is 0 Å². The van der Waals surface area contributed by atoms with E-state index in [1.165, 1.54) is 18.6 Å². The van der Waals surface area contributed by atoms with Crippen molar-refractivity contribution in [2.45, 2.75) is 45.1 Å². The Balaban J connectivity index is 1.97. The predicted molar refractivity (Wildman–Crippen MR) is 82.7 cm³/mol. The molecule has 1 atom stereocenters. The molecule has 2 rings (SSSR count). The summed E-state index contributed by atoms with van der Waals surface area (Å²) >= 11 is 0. The molecule has 120 valence electrons. The van der Waals surface area contributed by atoms with Crippen LogP contribution in [0.4, 0.5) is 5.69 Å². The summed E-state index contributed by atoms with van der Waals surface area (Å²) in [5.41, 5.74) is 0.558. The van der Waals surface area contributed by atoms with Crippen LogP contribution in [0.15, 0.2) is 18.2 Å². The SMILES string of the molecule is Cc1c(C(=O)NCC(O)C2CCCCC2)cccc1[N+](=O)[O-]. The average molecular weight is 306 g/mol. The molecule has 0 aliphatic heterocycles. The minimum absolute atomic E-state index is 0.0690. The van der Waals surface area contributed by atoms with Crippen LogP contribution < -0.4 is 5.32 Å². The molecule has 22 heavy (non-hydrogen) atoms. The van der Waals surface area contributed by atoms with Gasteiger partial charge in [-0.1, -0.05) is 25.3 Å². The van der Waals surface area contributed by atoms with E-state index in [-0.39, 0.29) is 29.6 Å². The zero-order valence-electron chi connectivity index (χ0n) is 12.7.